The molecule has 0 radical (unpaired) electrons. The number of carbonyl (C=O) groups is 1. The minimum Gasteiger partial charge on any atom is -0.444 e. The van der Waals surface area contributed by atoms with Crippen LogP contribution in [0, 0.1) is 0 Å². The molecular formula is C26H39N3O3. The number of hydrogen-bond acceptors (Lipinski definition) is 5. The van der Waals surface area contributed by atoms with Gasteiger partial charge in [0.05, 0.1) is 0 Å². The highest BCUT2D eigenvalue weighted by Crippen LogP contribution is 2.27. The van der Waals surface area contributed by atoms with Crippen LogP contribution in [0.2, 0.25) is 0 Å². The summed E-state index contributed by atoms with van der Waals surface area (Å²) in [5.74, 6) is 0.637. The van der Waals surface area contributed by atoms with Gasteiger partial charge in [-0.15, -0.1) is 0 Å². The van der Waals surface area contributed by atoms with Crippen LogP contribution in [0.1, 0.15) is 69.0 Å². The number of aromatic nitrogens is 1. The lowest BCUT2D eigenvalue weighted by atomic mass is 9.98. The van der Waals surface area contributed by atoms with Crippen molar-refractivity contribution in [1.29, 1.82) is 0 Å². The van der Waals surface area contributed by atoms with Crippen molar-refractivity contribution < 1.29 is 14.6 Å². The molecule has 0 saturated heterocycles. The summed E-state index contributed by atoms with van der Waals surface area (Å²) in [5.41, 5.74) is 11.9. The molecule has 176 valence electrons. The molecule has 0 atom stereocenters. The number of nitrogens with zero attached hydrogens (tertiary/aromatic N) is 2. The molecule has 0 spiro atoms. The molecule has 0 unspecified atom stereocenters. The lowest BCUT2D eigenvalue weighted by Crippen LogP contribution is -2.36. The molecule has 1 heterocycles. The number of hydrogen-bond donors (Lipinski definition) is 2. The predicted molar refractivity (Wildman–Crippen MR) is 130 cm³/mol. The maximum atomic E-state index is 11.3. The SMILES string of the molecule is CCN(CC)C(=O)OC(C)(C)C.Nc1cc(Cc2ccc(CCO)cc2)c2c(n1)CCC2. The van der Waals surface area contributed by atoms with Crippen molar-refractivity contribution in [2.75, 3.05) is 25.4 Å². The highest BCUT2D eigenvalue weighted by Gasteiger charge is 2.19. The highest BCUT2D eigenvalue weighted by atomic mass is 16.6. The molecular weight excluding hydrogens is 402 g/mol. The zero-order valence-electron chi connectivity index (χ0n) is 20.3. The van der Waals surface area contributed by atoms with Crippen LogP contribution in [-0.2, 0) is 30.4 Å². The second kappa shape index (κ2) is 11.9. The Bertz CT molecular complexity index is 869. The first-order valence-corrected chi connectivity index (χ1v) is 11.6. The maximum Gasteiger partial charge on any atom is 0.410 e. The Hall–Kier alpha value is -2.60. The molecule has 3 rings (SSSR count). The summed E-state index contributed by atoms with van der Waals surface area (Å²) in [4.78, 5) is 17.4. The average molecular weight is 442 g/mol. The van der Waals surface area contributed by atoms with Crippen molar-refractivity contribution in [2.45, 2.75) is 72.3 Å². The minimum atomic E-state index is -0.389. The Morgan fingerprint density at radius 2 is 1.75 bits per heavy atom. The van der Waals surface area contributed by atoms with Crippen molar-refractivity contribution in [1.82, 2.24) is 9.88 Å². The summed E-state index contributed by atoms with van der Waals surface area (Å²) < 4.78 is 5.17. The quantitative estimate of drug-likeness (QED) is 0.687. The fourth-order valence-electron chi connectivity index (χ4n) is 3.79. The van der Waals surface area contributed by atoms with E-state index in [-0.39, 0.29) is 18.3 Å². The first-order valence-electron chi connectivity index (χ1n) is 11.6. The first kappa shape index (κ1) is 25.7. The number of amides is 1. The van der Waals surface area contributed by atoms with E-state index in [9.17, 15) is 4.79 Å². The van der Waals surface area contributed by atoms with E-state index in [4.69, 9.17) is 15.6 Å². The van der Waals surface area contributed by atoms with Gasteiger partial charge >= 0.3 is 6.09 Å². The maximum absolute atomic E-state index is 11.3. The topological polar surface area (TPSA) is 88.7 Å². The smallest absolute Gasteiger partial charge is 0.410 e. The van der Waals surface area contributed by atoms with E-state index >= 15 is 0 Å². The Balaban J connectivity index is 0.000000262. The Morgan fingerprint density at radius 1 is 1.12 bits per heavy atom. The standard InChI is InChI=1S/C17H20N2O.C9H19NO2/c18-17-11-14(15-2-1-3-16(15)19-17)10-13-6-4-12(5-7-13)8-9-20;1-6-10(7-2)8(11)12-9(3,4)5/h4-7,11,20H,1-3,8-10H2,(H2,18,19);6-7H2,1-5H3. The Kier molecular flexibility index (Phi) is 9.51. The molecule has 1 amide bonds. The number of rotatable bonds is 6. The number of ether oxygens (including phenoxy) is 1. The van der Waals surface area contributed by atoms with Crippen LogP contribution in [0.15, 0.2) is 30.3 Å². The lowest BCUT2D eigenvalue weighted by molar-refractivity contribution is 0.0270. The number of pyridine rings is 1. The summed E-state index contributed by atoms with van der Waals surface area (Å²) in [5, 5.41) is 8.94. The van der Waals surface area contributed by atoms with Gasteiger partial charge in [-0.2, -0.15) is 0 Å². The van der Waals surface area contributed by atoms with Gasteiger partial charge in [0.2, 0.25) is 0 Å². The van der Waals surface area contributed by atoms with Crippen molar-refractivity contribution in [3.8, 4) is 0 Å². The van der Waals surface area contributed by atoms with Crippen LogP contribution in [-0.4, -0.2) is 46.4 Å². The number of nitrogen functional groups attached to an aromatic ring is 1. The van der Waals surface area contributed by atoms with Crippen LogP contribution >= 0.6 is 0 Å². The molecule has 0 aliphatic heterocycles. The van der Waals surface area contributed by atoms with Crippen molar-refractivity contribution in [2.24, 2.45) is 0 Å². The van der Waals surface area contributed by atoms with Crippen molar-refractivity contribution in [3.05, 3.63) is 58.3 Å². The van der Waals surface area contributed by atoms with E-state index in [0.29, 0.717) is 18.9 Å². The van der Waals surface area contributed by atoms with E-state index < -0.39 is 0 Å². The summed E-state index contributed by atoms with van der Waals surface area (Å²) in [6, 6.07) is 10.5. The molecule has 32 heavy (non-hydrogen) atoms. The molecule has 6 heteroatoms. The van der Waals surface area contributed by atoms with E-state index in [1.807, 2.05) is 40.7 Å². The fraction of sp³-hybridized carbons (Fsp3) is 0.538. The molecule has 0 fully saturated rings. The van der Waals surface area contributed by atoms with Crippen molar-refractivity contribution in [3.63, 3.8) is 0 Å². The largest absolute Gasteiger partial charge is 0.444 e. The van der Waals surface area contributed by atoms with Crippen LogP contribution in [0.25, 0.3) is 0 Å². The van der Waals surface area contributed by atoms with Gasteiger partial charge in [-0.25, -0.2) is 9.78 Å². The number of anilines is 1. The Labute approximate surface area is 192 Å². The monoisotopic (exact) mass is 441 g/mol. The number of nitrogens with two attached hydrogens (primary N) is 1. The van der Waals surface area contributed by atoms with Crippen LogP contribution in [0.3, 0.4) is 0 Å². The molecule has 1 aliphatic rings. The highest BCUT2D eigenvalue weighted by molar-refractivity contribution is 5.67. The second-order valence-corrected chi connectivity index (χ2v) is 9.10. The number of carbonyl (C=O) groups excluding carboxylic acids is 1. The summed E-state index contributed by atoms with van der Waals surface area (Å²) in [6.45, 7) is 11.1. The normalized spacial score (nSPS) is 12.6. The van der Waals surface area contributed by atoms with Gasteiger partial charge in [0.25, 0.3) is 0 Å². The average Bonchev–Trinajstić information content (AvgIpc) is 3.18. The van der Waals surface area contributed by atoms with Gasteiger partial charge in [-0.3, -0.25) is 0 Å². The minimum absolute atomic E-state index is 0.202. The summed E-state index contributed by atoms with van der Waals surface area (Å²) >= 11 is 0. The molecule has 1 aliphatic carbocycles. The van der Waals surface area contributed by atoms with Crippen molar-refractivity contribution >= 4 is 11.9 Å². The zero-order valence-corrected chi connectivity index (χ0v) is 20.3. The molecule has 1 aromatic carbocycles. The Morgan fingerprint density at radius 3 is 2.31 bits per heavy atom. The van der Waals surface area contributed by atoms with Gasteiger partial charge in [0.15, 0.2) is 0 Å². The first-order chi connectivity index (χ1) is 15.2. The molecule has 1 aromatic heterocycles. The van der Waals surface area contributed by atoms with Gasteiger partial charge in [0.1, 0.15) is 11.4 Å². The number of benzene rings is 1. The van der Waals surface area contributed by atoms with E-state index in [1.54, 1.807) is 4.90 Å². The fourth-order valence-corrected chi connectivity index (χ4v) is 3.79. The zero-order chi connectivity index (χ0) is 23.7. The van der Waals surface area contributed by atoms with Gasteiger partial charge in [0, 0.05) is 25.4 Å². The van der Waals surface area contributed by atoms with Crippen LogP contribution in [0.5, 0.6) is 0 Å². The van der Waals surface area contributed by atoms with Gasteiger partial charge in [-0.05, 0) is 95.0 Å². The number of aliphatic hydroxyl groups is 1. The van der Waals surface area contributed by atoms with Gasteiger partial charge in [-0.1, -0.05) is 24.3 Å². The van der Waals surface area contributed by atoms with E-state index in [1.165, 1.54) is 34.4 Å². The third kappa shape index (κ3) is 7.83. The number of aliphatic hydroxyl groups excluding tert-OH is 1. The van der Waals surface area contributed by atoms with Crippen LogP contribution in [0.4, 0.5) is 10.6 Å². The molecule has 0 saturated carbocycles. The third-order valence-corrected chi connectivity index (χ3v) is 5.40. The van der Waals surface area contributed by atoms with Crippen LogP contribution < -0.4 is 5.73 Å². The van der Waals surface area contributed by atoms with E-state index in [2.05, 4.69) is 29.2 Å². The molecule has 3 N–H and O–H groups in total. The lowest BCUT2D eigenvalue weighted by Gasteiger charge is -2.25. The third-order valence-electron chi connectivity index (χ3n) is 5.40. The summed E-state index contributed by atoms with van der Waals surface area (Å²) in [6.07, 6.45) is 4.77. The second-order valence-electron chi connectivity index (χ2n) is 9.10. The molecule has 6 nitrogen and oxygen atoms in total. The predicted octanol–water partition coefficient (Wildman–Crippen LogP) is 4.54. The van der Waals surface area contributed by atoms with Gasteiger partial charge < -0.3 is 20.5 Å². The molecule has 2 aromatic rings. The van der Waals surface area contributed by atoms with E-state index in [0.717, 1.165) is 25.7 Å². The number of fused-ring (bicyclic) bond motifs is 1. The number of aryl methyl sites for hydroxylation is 1. The molecule has 0 bridgehead atoms. The summed E-state index contributed by atoms with van der Waals surface area (Å²) in [7, 11) is 0.